The molecule has 0 amide bonds. The summed E-state index contributed by atoms with van der Waals surface area (Å²) in [4.78, 5) is 3.79. The Morgan fingerprint density at radius 1 is 1.39 bits per heavy atom. The fourth-order valence-electron chi connectivity index (χ4n) is 2.28. The highest BCUT2D eigenvalue weighted by atomic mass is 32.2. The van der Waals surface area contributed by atoms with Crippen molar-refractivity contribution in [2.24, 2.45) is 0 Å². The van der Waals surface area contributed by atoms with E-state index in [1.165, 1.54) is 35.9 Å². The predicted molar refractivity (Wildman–Crippen MR) is 87.3 cm³/mol. The van der Waals surface area contributed by atoms with E-state index in [1.807, 2.05) is 0 Å². The summed E-state index contributed by atoms with van der Waals surface area (Å²) in [6, 6.07) is 6.27. The van der Waals surface area contributed by atoms with Crippen LogP contribution < -0.4 is 5.32 Å². The molecule has 0 aromatic carbocycles. The minimum Gasteiger partial charge on any atom is -0.316 e. The molecule has 120 valence electrons. The van der Waals surface area contributed by atoms with Gasteiger partial charge >= 0.3 is 0 Å². The Balaban J connectivity index is 2.22. The van der Waals surface area contributed by atoms with E-state index >= 15 is 0 Å². The van der Waals surface area contributed by atoms with E-state index in [0.29, 0.717) is 6.54 Å². The van der Waals surface area contributed by atoms with Crippen LogP contribution in [-0.2, 0) is 16.6 Å². The molecule has 0 spiro atoms. The minimum absolute atomic E-state index is 0.147. The topological polar surface area (TPSA) is 64.0 Å². The Hall–Kier alpha value is -2.03. The Kier molecular flexibility index (Phi) is 4.29. The van der Waals surface area contributed by atoms with E-state index in [2.05, 4.69) is 10.3 Å². The van der Waals surface area contributed by atoms with Crippen molar-refractivity contribution in [3.63, 3.8) is 0 Å². The molecule has 0 aliphatic carbocycles. The van der Waals surface area contributed by atoms with Crippen LogP contribution in [0.25, 0.3) is 11.3 Å². The third kappa shape index (κ3) is 2.92. The van der Waals surface area contributed by atoms with Crippen LogP contribution in [0.5, 0.6) is 0 Å². The number of thiophene rings is 1. The SMILES string of the molecule is CNCc1cc(-c2cccnc2F)n(S(=O)(=O)c2ccsc2)c1. The molecular formula is C15H14FN3O2S2. The lowest BCUT2D eigenvalue weighted by atomic mass is 10.2. The number of rotatable bonds is 5. The summed E-state index contributed by atoms with van der Waals surface area (Å²) in [5.41, 5.74) is 1.14. The smallest absolute Gasteiger partial charge is 0.268 e. The molecule has 0 aliphatic heterocycles. The van der Waals surface area contributed by atoms with E-state index < -0.39 is 16.0 Å². The maximum atomic E-state index is 14.0. The summed E-state index contributed by atoms with van der Waals surface area (Å²) in [6.45, 7) is 0.473. The van der Waals surface area contributed by atoms with Gasteiger partial charge in [0.2, 0.25) is 5.95 Å². The van der Waals surface area contributed by atoms with E-state index in [1.54, 1.807) is 29.9 Å². The molecule has 5 nitrogen and oxygen atoms in total. The van der Waals surface area contributed by atoms with Crippen LogP contribution in [0.1, 0.15) is 5.56 Å². The third-order valence-corrected chi connectivity index (χ3v) is 5.81. The first-order chi connectivity index (χ1) is 11.0. The van der Waals surface area contributed by atoms with Crippen LogP contribution in [0.2, 0.25) is 0 Å². The molecule has 23 heavy (non-hydrogen) atoms. The van der Waals surface area contributed by atoms with Gasteiger partial charge in [-0.3, -0.25) is 0 Å². The summed E-state index contributed by atoms with van der Waals surface area (Å²) in [5.74, 6) is -0.705. The van der Waals surface area contributed by atoms with Crippen molar-refractivity contribution in [2.45, 2.75) is 11.4 Å². The molecule has 8 heteroatoms. The third-order valence-electron chi connectivity index (χ3n) is 3.31. The zero-order valence-electron chi connectivity index (χ0n) is 12.2. The van der Waals surface area contributed by atoms with E-state index in [9.17, 15) is 12.8 Å². The van der Waals surface area contributed by atoms with Crippen molar-refractivity contribution in [1.29, 1.82) is 0 Å². The van der Waals surface area contributed by atoms with Gasteiger partial charge in [0.05, 0.1) is 16.2 Å². The van der Waals surface area contributed by atoms with Gasteiger partial charge in [0, 0.05) is 24.3 Å². The number of nitrogens with zero attached hydrogens (tertiary/aromatic N) is 2. The summed E-state index contributed by atoms with van der Waals surface area (Å²) in [7, 11) is -2.02. The largest absolute Gasteiger partial charge is 0.316 e. The fourth-order valence-corrected chi connectivity index (χ4v) is 4.69. The van der Waals surface area contributed by atoms with Gasteiger partial charge in [-0.1, -0.05) is 0 Å². The molecule has 0 atom stereocenters. The average Bonchev–Trinajstić information content (AvgIpc) is 3.18. The van der Waals surface area contributed by atoms with Gasteiger partial charge < -0.3 is 5.32 Å². The predicted octanol–water partition coefficient (Wildman–Crippen LogP) is 2.71. The average molecular weight is 351 g/mol. The van der Waals surface area contributed by atoms with Crippen LogP contribution in [-0.4, -0.2) is 24.4 Å². The van der Waals surface area contributed by atoms with Crippen LogP contribution in [0, 0.1) is 5.95 Å². The number of hydrogen-bond donors (Lipinski definition) is 1. The van der Waals surface area contributed by atoms with Gasteiger partial charge in [-0.15, -0.1) is 0 Å². The number of pyridine rings is 1. The molecule has 3 heterocycles. The molecular weight excluding hydrogens is 337 g/mol. The zero-order chi connectivity index (χ0) is 16.4. The van der Waals surface area contributed by atoms with E-state index in [-0.39, 0.29) is 16.2 Å². The molecule has 0 radical (unpaired) electrons. The molecule has 0 bridgehead atoms. The molecule has 3 aromatic heterocycles. The maximum absolute atomic E-state index is 14.0. The number of hydrogen-bond acceptors (Lipinski definition) is 5. The molecule has 1 N–H and O–H groups in total. The summed E-state index contributed by atoms with van der Waals surface area (Å²) in [5, 5.41) is 6.20. The molecule has 0 aliphatic rings. The Morgan fingerprint density at radius 2 is 2.22 bits per heavy atom. The van der Waals surface area contributed by atoms with Crippen LogP contribution in [0.15, 0.2) is 52.3 Å². The van der Waals surface area contributed by atoms with Crippen molar-refractivity contribution in [3.8, 4) is 11.3 Å². The van der Waals surface area contributed by atoms with Crippen molar-refractivity contribution in [1.82, 2.24) is 14.3 Å². The maximum Gasteiger partial charge on any atom is 0.268 e. The number of nitrogens with one attached hydrogen (secondary N) is 1. The summed E-state index contributed by atoms with van der Waals surface area (Å²) < 4.78 is 40.8. The van der Waals surface area contributed by atoms with Gasteiger partial charge in [0.1, 0.15) is 0 Å². The number of halogens is 1. The Bertz CT molecular complexity index is 918. The monoisotopic (exact) mass is 351 g/mol. The van der Waals surface area contributed by atoms with Crippen LogP contribution >= 0.6 is 11.3 Å². The Morgan fingerprint density at radius 3 is 2.87 bits per heavy atom. The van der Waals surface area contributed by atoms with Gasteiger partial charge in [0.15, 0.2) is 0 Å². The second kappa shape index (κ2) is 6.23. The van der Waals surface area contributed by atoms with Crippen molar-refractivity contribution >= 4 is 21.4 Å². The quantitative estimate of drug-likeness (QED) is 0.718. The van der Waals surface area contributed by atoms with Gasteiger partial charge in [-0.25, -0.2) is 17.4 Å². The summed E-state index contributed by atoms with van der Waals surface area (Å²) >= 11 is 1.29. The minimum atomic E-state index is -3.78. The fraction of sp³-hybridized carbons (Fsp3) is 0.133. The first-order valence-electron chi connectivity index (χ1n) is 6.78. The lowest BCUT2D eigenvalue weighted by molar-refractivity contribution is 0.583. The van der Waals surface area contributed by atoms with Crippen molar-refractivity contribution in [3.05, 3.63) is 58.9 Å². The highest BCUT2D eigenvalue weighted by Crippen LogP contribution is 2.28. The first kappa shape index (κ1) is 15.9. The number of aromatic nitrogens is 2. The van der Waals surface area contributed by atoms with Crippen LogP contribution in [0.4, 0.5) is 4.39 Å². The molecule has 0 unspecified atom stereocenters. The lowest BCUT2D eigenvalue weighted by Crippen LogP contribution is -2.13. The zero-order valence-corrected chi connectivity index (χ0v) is 13.9. The highest BCUT2D eigenvalue weighted by Gasteiger charge is 2.23. The molecule has 3 rings (SSSR count). The van der Waals surface area contributed by atoms with Crippen LogP contribution in [0.3, 0.4) is 0 Å². The first-order valence-corrected chi connectivity index (χ1v) is 9.17. The van der Waals surface area contributed by atoms with E-state index in [4.69, 9.17) is 0 Å². The molecule has 3 aromatic rings. The Labute approximate surface area is 137 Å². The summed E-state index contributed by atoms with van der Waals surface area (Å²) in [6.07, 6.45) is 2.83. The lowest BCUT2D eigenvalue weighted by Gasteiger charge is -2.09. The van der Waals surface area contributed by atoms with Gasteiger partial charge in [0.25, 0.3) is 10.0 Å². The second-order valence-corrected chi connectivity index (χ2v) is 7.46. The standard InChI is InChI=1S/C15H14FN3O2S2/c1-17-8-11-7-14(13-3-2-5-18-15(13)16)19(9-11)23(20,21)12-4-6-22-10-12/h2-7,9-10,17H,8H2,1H3. The normalized spacial score (nSPS) is 11.7. The molecule has 0 saturated heterocycles. The van der Waals surface area contributed by atoms with Crippen molar-refractivity contribution in [2.75, 3.05) is 7.05 Å². The molecule has 0 saturated carbocycles. The molecule has 0 fully saturated rings. The second-order valence-electron chi connectivity index (χ2n) is 4.87. The van der Waals surface area contributed by atoms with E-state index in [0.717, 1.165) is 9.54 Å². The van der Waals surface area contributed by atoms with Gasteiger partial charge in [-0.2, -0.15) is 15.7 Å². The van der Waals surface area contributed by atoms with Crippen molar-refractivity contribution < 1.29 is 12.8 Å². The van der Waals surface area contributed by atoms with Gasteiger partial charge in [-0.05, 0) is 42.3 Å². The highest BCUT2D eigenvalue weighted by molar-refractivity contribution is 7.90.